The molecule has 1 aromatic heterocycles. The topological polar surface area (TPSA) is 30.7 Å². The van der Waals surface area contributed by atoms with E-state index in [1.807, 2.05) is 6.07 Å². The highest BCUT2D eigenvalue weighted by molar-refractivity contribution is 5.77. The van der Waals surface area contributed by atoms with E-state index in [4.69, 9.17) is 0 Å². The number of benzene rings is 2. The van der Waals surface area contributed by atoms with Gasteiger partial charge in [-0.25, -0.2) is 4.68 Å². The molecule has 0 aliphatic carbocycles. The average molecular weight is 446 g/mol. The molecule has 0 fully saturated rings. The number of unbranched alkanes of at least 4 members (excludes halogenated alkanes) is 13. The predicted molar refractivity (Wildman–Crippen MR) is 141 cm³/mol. The lowest BCUT2D eigenvalue weighted by molar-refractivity contribution is 0.506. The summed E-state index contributed by atoms with van der Waals surface area (Å²) in [6.45, 7) is 3.22. The lowest BCUT2D eigenvalue weighted by Crippen LogP contribution is -2.03. The molecule has 0 aliphatic heterocycles. The summed E-state index contributed by atoms with van der Waals surface area (Å²) in [6, 6.07) is 21.0. The average Bonchev–Trinajstić information content (AvgIpc) is 3.29. The van der Waals surface area contributed by atoms with Gasteiger partial charge < -0.3 is 0 Å². The van der Waals surface area contributed by atoms with Gasteiger partial charge in [-0.1, -0.05) is 156 Å². The van der Waals surface area contributed by atoms with Crippen LogP contribution in [0.4, 0.5) is 0 Å². The molecule has 33 heavy (non-hydrogen) atoms. The summed E-state index contributed by atoms with van der Waals surface area (Å²) in [7, 11) is 0. The molecule has 3 aromatic rings. The third kappa shape index (κ3) is 8.79. The number of aryl methyl sites for hydroxylation is 1. The lowest BCUT2D eigenvalue weighted by atomic mass is 10.0. The molecule has 1 heterocycles. The van der Waals surface area contributed by atoms with E-state index in [2.05, 4.69) is 76.5 Å². The first-order valence-corrected chi connectivity index (χ1v) is 13.4. The van der Waals surface area contributed by atoms with E-state index in [9.17, 15) is 0 Å². The number of aromatic nitrogens is 3. The fourth-order valence-electron chi connectivity index (χ4n) is 4.60. The van der Waals surface area contributed by atoms with Gasteiger partial charge in [0.1, 0.15) is 5.69 Å². The maximum atomic E-state index is 4.56. The Bertz CT molecular complexity index is 870. The summed E-state index contributed by atoms with van der Waals surface area (Å²) in [4.78, 5) is 0. The molecule has 3 nitrogen and oxygen atoms in total. The first-order valence-electron chi connectivity index (χ1n) is 13.4. The van der Waals surface area contributed by atoms with Crippen LogP contribution in [0.3, 0.4) is 0 Å². The number of hydrogen-bond donors (Lipinski definition) is 0. The zero-order valence-electron chi connectivity index (χ0n) is 20.7. The van der Waals surface area contributed by atoms with Gasteiger partial charge in [0.25, 0.3) is 0 Å². The Kier molecular flexibility index (Phi) is 11.8. The smallest absolute Gasteiger partial charge is 0.121 e. The molecule has 0 unspecified atom stereocenters. The lowest BCUT2D eigenvalue weighted by Gasteiger charge is -2.09. The third-order valence-electron chi connectivity index (χ3n) is 6.55. The van der Waals surface area contributed by atoms with Crippen molar-refractivity contribution in [1.82, 2.24) is 15.0 Å². The van der Waals surface area contributed by atoms with Crippen molar-refractivity contribution in [2.75, 3.05) is 0 Å². The quantitative estimate of drug-likeness (QED) is 0.194. The van der Waals surface area contributed by atoms with Crippen LogP contribution in [0.5, 0.6) is 0 Å². The minimum Gasteiger partial charge on any atom is -0.244 e. The maximum absolute atomic E-state index is 4.56. The first-order chi connectivity index (χ1) is 16.4. The summed E-state index contributed by atoms with van der Waals surface area (Å²) >= 11 is 0. The predicted octanol–water partition coefficient (Wildman–Crippen LogP) is 9.09. The molecule has 0 saturated carbocycles. The highest BCUT2D eigenvalue weighted by Gasteiger charge is 2.16. The molecule has 0 aliphatic rings. The van der Waals surface area contributed by atoms with Crippen LogP contribution in [0.1, 0.15) is 96.8 Å². The minimum absolute atomic E-state index is 0.933. The van der Waals surface area contributed by atoms with Crippen molar-refractivity contribution in [3.8, 4) is 22.5 Å². The van der Waals surface area contributed by atoms with E-state index in [-0.39, 0.29) is 0 Å². The zero-order valence-corrected chi connectivity index (χ0v) is 20.7. The molecule has 2 aromatic carbocycles. The van der Waals surface area contributed by atoms with Crippen LogP contribution in [0, 0.1) is 0 Å². The van der Waals surface area contributed by atoms with Crippen molar-refractivity contribution in [1.29, 1.82) is 0 Å². The SMILES string of the molecule is CCCCCCCCCCCCCCCCn1nnc(-c2ccccc2)c1-c1ccccc1. The molecule has 0 amide bonds. The van der Waals surface area contributed by atoms with Gasteiger partial charge in [0.05, 0.1) is 5.69 Å². The fourth-order valence-corrected chi connectivity index (χ4v) is 4.60. The zero-order chi connectivity index (χ0) is 23.0. The van der Waals surface area contributed by atoms with Crippen LogP contribution in [0.2, 0.25) is 0 Å². The van der Waals surface area contributed by atoms with Crippen molar-refractivity contribution in [2.24, 2.45) is 0 Å². The van der Waals surface area contributed by atoms with E-state index in [0.29, 0.717) is 0 Å². The van der Waals surface area contributed by atoms with Gasteiger partial charge in [-0.15, -0.1) is 5.10 Å². The van der Waals surface area contributed by atoms with Gasteiger partial charge in [-0.05, 0) is 6.42 Å². The Morgan fingerprint density at radius 1 is 0.545 bits per heavy atom. The highest BCUT2D eigenvalue weighted by atomic mass is 15.4. The molecule has 3 heteroatoms. The summed E-state index contributed by atoms with van der Waals surface area (Å²) in [6.07, 6.45) is 19.3. The van der Waals surface area contributed by atoms with Gasteiger partial charge >= 0.3 is 0 Å². The van der Waals surface area contributed by atoms with Gasteiger partial charge in [0.2, 0.25) is 0 Å². The second kappa shape index (κ2) is 15.4. The molecule has 0 spiro atoms. The van der Waals surface area contributed by atoms with Crippen molar-refractivity contribution in [3.05, 3.63) is 60.7 Å². The monoisotopic (exact) mass is 445 g/mol. The summed E-state index contributed by atoms with van der Waals surface area (Å²) in [5.41, 5.74) is 4.43. The summed E-state index contributed by atoms with van der Waals surface area (Å²) < 4.78 is 2.11. The van der Waals surface area contributed by atoms with Crippen molar-refractivity contribution >= 4 is 0 Å². The van der Waals surface area contributed by atoms with Gasteiger partial charge in [0, 0.05) is 17.7 Å². The molecule has 0 radical (unpaired) electrons. The van der Waals surface area contributed by atoms with E-state index in [1.54, 1.807) is 0 Å². The van der Waals surface area contributed by atoms with Crippen LogP contribution in [0.15, 0.2) is 60.7 Å². The fraction of sp³-hybridized carbons (Fsp3) is 0.533. The van der Waals surface area contributed by atoms with E-state index in [0.717, 1.165) is 29.9 Å². The van der Waals surface area contributed by atoms with Crippen LogP contribution >= 0.6 is 0 Å². The number of hydrogen-bond acceptors (Lipinski definition) is 2. The van der Waals surface area contributed by atoms with Crippen molar-refractivity contribution in [2.45, 2.75) is 103 Å². The Morgan fingerprint density at radius 2 is 1.00 bits per heavy atom. The number of nitrogens with zero attached hydrogens (tertiary/aromatic N) is 3. The van der Waals surface area contributed by atoms with Gasteiger partial charge in [0.15, 0.2) is 0 Å². The molecule has 0 bridgehead atoms. The Hall–Kier alpha value is -2.42. The Balaban J connectivity index is 1.36. The van der Waals surface area contributed by atoms with Crippen LogP contribution < -0.4 is 0 Å². The van der Waals surface area contributed by atoms with E-state index in [1.165, 1.54) is 89.0 Å². The summed E-state index contributed by atoms with van der Waals surface area (Å²) in [5.74, 6) is 0. The molecule has 178 valence electrons. The van der Waals surface area contributed by atoms with E-state index >= 15 is 0 Å². The molecular formula is C30H43N3. The standard InChI is InChI=1S/C30H43N3/c1-2-3-4-5-6-7-8-9-10-11-12-13-14-21-26-33-30(28-24-19-16-20-25-28)29(31-32-33)27-22-17-15-18-23-27/h15-20,22-25H,2-14,21,26H2,1H3. The second-order valence-corrected chi connectivity index (χ2v) is 9.34. The normalized spacial score (nSPS) is 11.2. The van der Waals surface area contributed by atoms with Crippen LogP contribution in [-0.4, -0.2) is 15.0 Å². The highest BCUT2D eigenvalue weighted by Crippen LogP contribution is 2.30. The molecule has 3 rings (SSSR count). The first kappa shape index (κ1) is 25.2. The Labute approximate surface area is 201 Å². The maximum Gasteiger partial charge on any atom is 0.121 e. The second-order valence-electron chi connectivity index (χ2n) is 9.34. The Morgan fingerprint density at radius 3 is 1.52 bits per heavy atom. The third-order valence-corrected chi connectivity index (χ3v) is 6.55. The van der Waals surface area contributed by atoms with Gasteiger partial charge in [-0.2, -0.15) is 0 Å². The summed E-state index contributed by atoms with van der Waals surface area (Å²) in [5, 5.41) is 9.09. The minimum atomic E-state index is 0.933. The van der Waals surface area contributed by atoms with E-state index < -0.39 is 0 Å². The molecule has 0 saturated heterocycles. The molecular weight excluding hydrogens is 402 g/mol. The van der Waals surface area contributed by atoms with Crippen LogP contribution in [-0.2, 0) is 6.54 Å². The van der Waals surface area contributed by atoms with Gasteiger partial charge in [-0.3, -0.25) is 0 Å². The van der Waals surface area contributed by atoms with Crippen molar-refractivity contribution < 1.29 is 0 Å². The van der Waals surface area contributed by atoms with Crippen LogP contribution in [0.25, 0.3) is 22.5 Å². The molecule has 0 atom stereocenters. The molecule has 0 N–H and O–H groups in total. The van der Waals surface area contributed by atoms with Crippen molar-refractivity contribution in [3.63, 3.8) is 0 Å². The largest absolute Gasteiger partial charge is 0.244 e. The number of rotatable bonds is 17.